The second-order valence-corrected chi connectivity index (χ2v) is 6.77. The van der Waals surface area contributed by atoms with Gasteiger partial charge in [-0.05, 0) is 31.2 Å². The number of urea groups is 1. The molecule has 0 aliphatic rings. The topological polar surface area (TPSA) is 98.1 Å². The van der Waals surface area contributed by atoms with Crippen molar-refractivity contribution in [2.24, 2.45) is 7.05 Å². The summed E-state index contributed by atoms with van der Waals surface area (Å²) in [5, 5.41) is 13.4. The number of imide groups is 1. The third kappa shape index (κ3) is 5.36. The quantitative estimate of drug-likeness (QED) is 0.740. The molecule has 1 aromatic carbocycles. The Morgan fingerprint density at radius 1 is 1.32 bits per heavy atom. The van der Waals surface area contributed by atoms with Gasteiger partial charge in [-0.1, -0.05) is 23.4 Å². The van der Waals surface area contributed by atoms with E-state index < -0.39 is 17.2 Å². The molecule has 0 fully saturated rings. The van der Waals surface area contributed by atoms with Crippen molar-refractivity contribution >= 4 is 35.3 Å². The van der Waals surface area contributed by atoms with Crippen molar-refractivity contribution in [1.29, 1.82) is 0 Å². The van der Waals surface area contributed by atoms with Crippen molar-refractivity contribution in [2.75, 3.05) is 7.05 Å². The van der Waals surface area contributed by atoms with E-state index in [0.717, 1.165) is 0 Å². The Balaban J connectivity index is 1.94. The minimum atomic E-state index is -0.549. The first-order valence-electron chi connectivity index (χ1n) is 7.36. The number of carbonyl (C=O) groups is 2. The van der Waals surface area contributed by atoms with Crippen molar-refractivity contribution in [2.45, 2.75) is 23.9 Å². The van der Waals surface area contributed by atoms with Gasteiger partial charge in [-0.2, -0.15) is 0 Å². The van der Waals surface area contributed by atoms with Crippen LogP contribution < -0.4 is 15.4 Å². The summed E-state index contributed by atoms with van der Waals surface area (Å²) >= 11 is 7.03. The van der Waals surface area contributed by atoms with Crippen LogP contribution in [0, 0.1) is 0 Å². The molecule has 0 spiro atoms. The van der Waals surface area contributed by atoms with Crippen LogP contribution in [0.4, 0.5) is 4.79 Å². The number of carbonyl (C=O) groups excluding carboxylic acids is 2. The maximum atomic E-state index is 11.9. The molecule has 2 N–H and O–H groups in total. The number of thioether (sulfide) groups is 1. The van der Waals surface area contributed by atoms with E-state index in [0.29, 0.717) is 21.8 Å². The first kappa shape index (κ1) is 19.1. The van der Waals surface area contributed by atoms with Gasteiger partial charge in [0.2, 0.25) is 5.91 Å². The molecule has 1 atom stereocenters. The van der Waals surface area contributed by atoms with Gasteiger partial charge in [0.15, 0.2) is 11.0 Å². The summed E-state index contributed by atoms with van der Waals surface area (Å²) in [4.78, 5) is 23.1. The smallest absolute Gasteiger partial charge is 0.321 e. The first-order chi connectivity index (χ1) is 11.9. The molecular formula is C15H18ClN5O3S. The second-order valence-electron chi connectivity index (χ2n) is 5.03. The van der Waals surface area contributed by atoms with E-state index in [1.807, 2.05) is 0 Å². The zero-order valence-corrected chi connectivity index (χ0v) is 15.5. The highest BCUT2D eigenvalue weighted by atomic mass is 35.5. The average Bonchev–Trinajstić information content (AvgIpc) is 2.94. The summed E-state index contributed by atoms with van der Waals surface area (Å²) in [6.07, 6.45) is 0. The lowest BCUT2D eigenvalue weighted by Crippen LogP contribution is -2.41. The molecule has 0 bridgehead atoms. The second kappa shape index (κ2) is 8.72. The van der Waals surface area contributed by atoms with E-state index in [2.05, 4.69) is 20.8 Å². The Morgan fingerprint density at radius 2 is 2.00 bits per heavy atom. The van der Waals surface area contributed by atoms with E-state index in [9.17, 15) is 9.59 Å². The lowest BCUT2D eigenvalue weighted by atomic mass is 10.3. The minimum absolute atomic E-state index is 0.227. The molecule has 0 saturated heterocycles. The maximum absolute atomic E-state index is 11.9. The zero-order valence-electron chi connectivity index (χ0n) is 13.9. The Bertz CT molecular complexity index is 750. The van der Waals surface area contributed by atoms with Crippen molar-refractivity contribution < 1.29 is 14.3 Å². The van der Waals surface area contributed by atoms with E-state index in [-0.39, 0.29) is 6.61 Å². The maximum Gasteiger partial charge on any atom is 0.321 e. The summed E-state index contributed by atoms with van der Waals surface area (Å²) in [6, 6.07) is 6.45. The van der Waals surface area contributed by atoms with Crippen LogP contribution in [0.15, 0.2) is 29.4 Å². The Labute approximate surface area is 154 Å². The molecule has 1 aromatic heterocycles. The molecule has 2 rings (SSSR count). The van der Waals surface area contributed by atoms with Gasteiger partial charge in [0.25, 0.3) is 0 Å². The average molecular weight is 384 g/mol. The van der Waals surface area contributed by atoms with E-state index in [4.69, 9.17) is 16.3 Å². The van der Waals surface area contributed by atoms with Gasteiger partial charge in [0, 0.05) is 19.1 Å². The standard InChI is InChI=1S/C15H18ClN5O3S/c1-9(13(22)18-14(23)17-2)25-15-20-19-12(21(15)3)8-24-11-6-4-10(16)5-7-11/h4-7,9H,8H2,1-3H3,(H2,17,18,22,23)/t9-/m1/s1. The third-order valence-electron chi connectivity index (χ3n) is 3.22. The Hall–Kier alpha value is -2.26. The molecule has 1 heterocycles. The van der Waals surface area contributed by atoms with Crippen molar-refractivity contribution in [3.05, 3.63) is 35.1 Å². The molecule has 0 aliphatic carbocycles. The number of aromatic nitrogens is 3. The van der Waals surface area contributed by atoms with Crippen molar-refractivity contribution in [3.8, 4) is 5.75 Å². The van der Waals surface area contributed by atoms with Gasteiger partial charge < -0.3 is 14.6 Å². The highest BCUT2D eigenvalue weighted by molar-refractivity contribution is 8.00. The number of ether oxygens (including phenoxy) is 1. The number of rotatable bonds is 6. The number of benzene rings is 1. The highest BCUT2D eigenvalue weighted by Crippen LogP contribution is 2.22. The minimum Gasteiger partial charge on any atom is -0.486 e. The van der Waals surface area contributed by atoms with E-state index >= 15 is 0 Å². The van der Waals surface area contributed by atoms with Crippen LogP contribution in [-0.2, 0) is 18.4 Å². The molecule has 3 amide bonds. The number of halogens is 1. The summed E-state index contributed by atoms with van der Waals surface area (Å²) in [7, 11) is 3.22. The van der Waals surface area contributed by atoms with Gasteiger partial charge in [-0.3, -0.25) is 10.1 Å². The number of nitrogens with one attached hydrogen (secondary N) is 2. The summed E-state index contributed by atoms with van der Waals surface area (Å²) in [6.45, 7) is 1.91. The van der Waals surface area contributed by atoms with Crippen molar-refractivity contribution in [3.63, 3.8) is 0 Å². The van der Waals surface area contributed by atoms with Crippen LogP contribution in [-0.4, -0.2) is 39.0 Å². The van der Waals surface area contributed by atoms with E-state index in [1.165, 1.54) is 18.8 Å². The first-order valence-corrected chi connectivity index (χ1v) is 8.62. The van der Waals surface area contributed by atoms with Crippen LogP contribution in [0.25, 0.3) is 0 Å². The van der Waals surface area contributed by atoms with E-state index in [1.54, 1.807) is 42.8 Å². The number of hydrogen-bond donors (Lipinski definition) is 2. The molecular weight excluding hydrogens is 366 g/mol. The molecule has 8 nitrogen and oxygen atoms in total. The third-order valence-corrected chi connectivity index (χ3v) is 4.61. The number of amides is 3. The zero-order chi connectivity index (χ0) is 18.4. The molecule has 10 heteroatoms. The number of nitrogens with zero attached hydrogens (tertiary/aromatic N) is 3. The summed E-state index contributed by atoms with van der Waals surface area (Å²) in [5.41, 5.74) is 0. The Kier molecular flexibility index (Phi) is 6.65. The lowest BCUT2D eigenvalue weighted by molar-refractivity contribution is -0.119. The Morgan fingerprint density at radius 3 is 2.64 bits per heavy atom. The molecule has 0 radical (unpaired) electrons. The molecule has 134 valence electrons. The van der Waals surface area contributed by atoms with Crippen LogP contribution in [0.5, 0.6) is 5.75 Å². The monoisotopic (exact) mass is 383 g/mol. The van der Waals surface area contributed by atoms with Gasteiger partial charge in [0.1, 0.15) is 12.4 Å². The molecule has 0 aliphatic heterocycles. The van der Waals surface area contributed by atoms with Gasteiger partial charge in [-0.25, -0.2) is 4.79 Å². The summed E-state index contributed by atoms with van der Waals surface area (Å²) < 4.78 is 7.38. The van der Waals surface area contributed by atoms with Crippen LogP contribution in [0.3, 0.4) is 0 Å². The van der Waals surface area contributed by atoms with Crippen LogP contribution in [0.1, 0.15) is 12.7 Å². The van der Waals surface area contributed by atoms with Gasteiger partial charge in [-0.15, -0.1) is 10.2 Å². The largest absolute Gasteiger partial charge is 0.486 e. The normalized spacial score (nSPS) is 11.7. The predicted molar refractivity (Wildman–Crippen MR) is 94.7 cm³/mol. The van der Waals surface area contributed by atoms with Gasteiger partial charge >= 0.3 is 6.03 Å². The van der Waals surface area contributed by atoms with Gasteiger partial charge in [0.05, 0.1) is 5.25 Å². The van der Waals surface area contributed by atoms with Crippen molar-refractivity contribution in [1.82, 2.24) is 25.4 Å². The predicted octanol–water partition coefficient (Wildman–Crippen LogP) is 1.98. The highest BCUT2D eigenvalue weighted by Gasteiger charge is 2.20. The molecule has 2 aromatic rings. The lowest BCUT2D eigenvalue weighted by Gasteiger charge is -2.10. The fourth-order valence-electron chi connectivity index (χ4n) is 1.74. The van der Waals surface area contributed by atoms with Crippen LogP contribution >= 0.6 is 23.4 Å². The summed E-state index contributed by atoms with van der Waals surface area (Å²) in [5.74, 6) is 0.864. The number of hydrogen-bond acceptors (Lipinski definition) is 6. The molecule has 0 saturated carbocycles. The van der Waals surface area contributed by atoms with Crippen LogP contribution in [0.2, 0.25) is 5.02 Å². The molecule has 25 heavy (non-hydrogen) atoms. The SMILES string of the molecule is CNC(=O)NC(=O)[C@@H](C)Sc1nnc(COc2ccc(Cl)cc2)n1C. The fourth-order valence-corrected chi connectivity index (χ4v) is 2.70. The molecule has 0 unspecified atom stereocenters. The fraction of sp³-hybridized carbons (Fsp3) is 0.333.